The Morgan fingerprint density at radius 3 is 2.71 bits per heavy atom. The van der Waals surface area contributed by atoms with Gasteiger partial charge in [0.2, 0.25) is 5.90 Å². The van der Waals surface area contributed by atoms with E-state index in [2.05, 4.69) is 18.8 Å². The standard InChI is InChI=1S/C19H23NO4/c1-12(2)14-4-5-17(22-3)15(10-14)11-16-19(21)24-18(20-16)13-6-8-23-9-7-13/h4-5,10-13H,6-9H2,1-3H3/b16-11-. The van der Waals surface area contributed by atoms with E-state index in [1.807, 2.05) is 18.2 Å². The van der Waals surface area contributed by atoms with Crippen molar-refractivity contribution in [2.45, 2.75) is 32.6 Å². The zero-order chi connectivity index (χ0) is 17.1. The molecule has 128 valence electrons. The van der Waals surface area contributed by atoms with Crippen molar-refractivity contribution < 1.29 is 19.0 Å². The van der Waals surface area contributed by atoms with Gasteiger partial charge in [-0.1, -0.05) is 19.9 Å². The van der Waals surface area contributed by atoms with E-state index in [9.17, 15) is 4.79 Å². The largest absolute Gasteiger partial charge is 0.496 e. The molecule has 0 aromatic heterocycles. The third kappa shape index (κ3) is 3.51. The second-order valence-corrected chi connectivity index (χ2v) is 6.41. The molecule has 2 aliphatic heterocycles. The van der Waals surface area contributed by atoms with Crippen LogP contribution in [0.3, 0.4) is 0 Å². The molecule has 0 spiro atoms. The molecule has 2 heterocycles. The van der Waals surface area contributed by atoms with Gasteiger partial charge in [-0.25, -0.2) is 9.79 Å². The molecule has 0 bridgehead atoms. The van der Waals surface area contributed by atoms with Crippen LogP contribution in [0.4, 0.5) is 0 Å². The van der Waals surface area contributed by atoms with E-state index in [0.29, 0.717) is 30.7 Å². The predicted molar refractivity (Wildman–Crippen MR) is 92.1 cm³/mol. The van der Waals surface area contributed by atoms with Crippen LogP contribution in [-0.2, 0) is 14.3 Å². The highest BCUT2D eigenvalue weighted by atomic mass is 16.6. The third-order valence-electron chi connectivity index (χ3n) is 4.42. The smallest absolute Gasteiger partial charge is 0.363 e. The first-order valence-corrected chi connectivity index (χ1v) is 8.36. The van der Waals surface area contributed by atoms with Crippen molar-refractivity contribution in [2.24, 2.45) is 10.9 Å². The van der Waals surface area contributed by atoms with E-state index < -0.39 is 5.97 Å². The Balaban J connectivity index is 1.91. The van der Waals surface area contributed by atoms with Crippen LogP contribution >= 0.6 is 0 Å². The highest BCUT2D eigenvalue weighted by Crippen LogP contribution is 2.29. The molecule has 3 rings (SSSR count). The summed E-state index contributed by atoms with van der Waals surface area (Å²) in [5.74, 6) is 1.40. The van der Waals surface area contributed by atoms with Crippen molar-refractivity contribution in [1.29, 1.82) is 0 Å². The van der Waals surface area contributed by atoms with Crippen LogP contribution in [0.15, 0.2) is 28.9 Å². The summed E-state index contributed by atoms with van der Waals surface area (Å²) in [5.41, 5.74) is 2.35. The fourth-order valence-electron chi connectivity index (χ4n) is 2.92. The van der Waals surface area contributed by atoms with Gasteiger partial charge in [0.05, 0.1) is 7.11 Å². The number of methoxy groups -OCH3 is 1. The van der Waals surface area contributed by atoms with Crippen molar-refractivity contribution in [3.8, 4) is 5.75 Å². The van der Waals surface area contributed by atoms with Crippen LogP contribution < -0.4 is 4.74 Å². The van der Waals surface area contributed by atoms with Gasteiger partial charge < -0.3 is 14.2 Å². The summed E-state index contributed by atoms with van der Waals surface area (Å²) in [4.78, 5) is 16.6. The molecule has 0 aliphatic carbocycles. The highest BCUT2D eigenvalue weighted by Gasteiger charge is 2.30. The van der Waals surface area contributed by atoms with Crippen LogP contribution in [-0.4, -0.2) is 32.2 Å². The lowest BCUT2D eigenvalue weighted by Crippen LogP contribution is -2.24. The van der Waals surface area contributed by atoms with Crippen molar-refractivity contribution in [2.75, 3.05) is 20.3 Å². The summed E-state index contributed by atoms with van der Waals surface area (Å²) >= 11 is 0. The Hall–Kier alpha value is -2.14. The number of rotatable bonds is 4. The minimum atomic E-state index is -0.395. The number of hydrogen-bond acceptors (Lipinski definition) is 5. The number of esters is 1. The summed E-state index contributed by atoms with van der Waals surface area (Å²) in [6.45, 7) is 5.63. The van der Waals surface area contributed by atoms with Gasteiger partial charge in [0.25, 0.3) is 0 Å². The molecule has 5 nitrogen and oxygen atoms in total. The van der Waals surface area contributed by atoms with E-state index in [1.165, 1.54) is 5.56 Å². The Morgan fingerprint density at radius 1 is 1.29 bits per heavy atom. The molecule has 1 aromatic carbocycles. The number of aliphatic imine (C=N–C) groups is 1. The van der Waals surface area contributed by atoms with Crippen LogP contribution in [0.25, 0.3) is 6.08 Å². The number of cyclic esters (lactones) is 1. The van der Waals surface area contributed by atoms with Gasteiger partial charge in [-0.15, -0.1) is 0 Å². The molecule has 1 fully saturated rings. The summed E-state index contributed by atoms with van der Waals surface area (Å²) < 4.78 is 16.1. The number of carbonyl (C=O) groups excluding carboxylic acids is 1. The lowest BCUT2D eigenvalue weighted by molar-refractivity contribution is -0.130. The SMILES string of the molecule is COc1ccc(C(C)C)cc1/C=C1\N=C(C2CCOCC2)OC1=O. The molecule has 1 aromatic rings. The zero-order valence-corrected chi connectivity index (χ0v) is 14.4. The van der Waals surface area contributed by atoms with Crippen LogP contribution in [0.5, 0.6) is 5.75 Å². The molecule has 0 radical (unpaired) electrons. The van der Waals surface area contributed by atoms with Gasteiger partial charge >= 0.3 is 5.97 Å². The predicted octanol–water partition coefficient (Wildman–Crippen LogP) is 3.54. The lowest BCUT2D eigenvalue weighted by atomic mass is 9.99. The first-order valence-electron chi connectivity index (χ1n) is 8.36. The number of carbonyl (C=O) groups is 1. The monoisotopic (exact) mass is 329 g/mol. The average molecular weight is 329 g/mol. The Morgan fingerprint density at radius 2 is 2.04 bits per heavy atom. The fraction of sp³-hybridized carbons (Fsp3) is 0.474. The quantitative estimate of drug-likeness (QED) is 0.626. The Labute approximate surface area is 142 Å². The lowest BCUT2D eigenvalue weighted by Gasteiger charge is -2.20. The molecule has 0 unspecified atom stereocenters. The molecular weight excluding hydrogens is 306 g/mol. The zero-order valence-electron chi connectivity index (χ0n) is 14.4. The van der Waals surface area contributed by atoms with Crippen LogP contribution in [0.1, 0.15) is 43.7 Å². The van der Waals surface area contributed by atoms with E-state index >= 15 is 0 Å². The maximum absolute atomic E-state index is 12.2. The molecule has 0 saturated carbocycles. The van der Waals surface area contributed by atoms with Crippen molar-refractivity contribution in [1.82, 2.24) is 0 Å². The molecule has 5 heteroatoms. The fourth-order valence-corrected chi connectivity index (χ4v) is 2.92. The van der Waals surface area contributed by atoms with Crippen LogP contribution in [0.2, 0.25) is 0 Å². The molecule has 0 atom stereocenters. The molecule has 1 saturated heterocycles. The number of ether oxygens (including phenoxy) is 3. The minimum Gasteiger partial charge on any atom is -0.496 e. The Bertz CT molecular complexity index is 685. The van der Waals surface area contributed by atoms with Crippen molar-refractivity contribution in [3.05, 3.63) is 35.0 Å². The summed E-state index contributed by atoms with van der Waals surface area (Å²) in [6.07, 6.45) is 3.43. The normalized spacial score (nSPS) is 20.4. The first-order chi connectivity index (χ1) is 11.6. The summed E-state index contributed by atoms with van der Waals surface area (Å²) in [6, 6.07) is 5.99. The van der Waals surface area contributed by atoms with Gasteiger partial charge in [-0.3, -0.25) is 0 Å². The maximum atomic E-state index is 12.2. The number of benzene rings is 1. The van der Waals surface area contributed by atoms with Gasteiger partial charge in [0.15, 0.2) is 5.70 Å². The van der Waals surface area contributed by atoms with E-state index in [0.717, 1.165) is 24.2 Å². The van der Waals surface area contributed by atoms with E-state index in [4.69, 9.17) is 14.2 Å². The number of hydrogen-bond donors (Lipinski definition) is 0. The van der Waals surface area contributed by atoms with Crippen LogP contribution in [0, 0.1) is 5.92 Å². The van der Waals surface area contributed by atoms with Gasteiger partial charge in [0.1, 0.15) is 5.75 Å². The van der Waals surface area contributed by atoms with Gasteiger partial charge in [0, 0.05) is 24.7 Å². The average Bonchev–Trinajstić information content (AvgIpc) is 2.96. The molecule has 2 aliphatic rings. The topological polar surface area (TPSA) is 57.1 Å². The second kappa shape index (κ2) is 7.18. The van der Waals surface area contributed by atoms with Crippen molar-refractivity contribution >= 4 is 17.9 Å². The maximum Gasteiger partial charge on any atom is 0.363 e. The highest BCUT2D eigenvalue weighted by molar-refractivity contribution is 6.08. The first kappa shape index (κ1) is 16.7. The van der Waals surface area contributed by atoms with Gasteiger partial charge in [-0.05, 0) is 42.5 Å². The minimum absolute atomic E-state index is 0.164. The molecule has 24 heavy (non-hydrogen) atoms. The van der Waals surface area contributed by atoms with Gasteiger partial charge in [-0.2, -0.15) is 0 Å². The van der Waals surface area contributed by atoms with E-state index in [1.54, 1.807) is 13.2 Å². The number of nitrogens with zero attached hydrogens (tertiary/aromatic N) is 1. The summed E-state index contributed by atoms with van der Waals surface area (Å²) in [7, 11) is 1.62. The molecular formula is C19H23NO4. The van der Waals surface area contributed by atoms with E-state index in [-0.39, 0.29) is 5.92 Å². The summed E-state index contributed by atoms with van der Waals surface area (Å²) in [5, 5.41) is 0. The molecule has 0 N–H and O–H groups in total. The Kier molecular flexibility index (Phi) is 5.00. The molecule has 0 amide bonds. The third-order valence-corrected chi connectivity index (χ3v) is 4.42. The van der Waals surface area contributed by atoms with Crippen molar-refractivity contribution in [3.63, 3.8) is 0 Å². The second-order valence-electron chi connectivity index (χ2n) is 6.41.